The van der Waals surface area contributed by atoms with E-state index in [9.17, 15) is 18.0 Å². The van der Waals surface area contributed by atoms with E-state index in [0.29, 0.717) is 11.8 Å². The molecule has 0 fully saturated rings. The standard InChI is InChI=1S/C13H11F3N2O2/c1-20-10-4-2-9(3-5-10)7-18-8-17-11(6-12(18)19)13(14,15)16/h2-6,8H,7H2,1H3. The van der Waals surface area contributed by atoms with E-state index in [4.69, 9.17) is 4.74 Å². The quantitative estimate of drug-likeness (QED) is 0.868. The fourth-order valence-corrected chi connectivity index (χ4v) is 1.63. The summed E-state index contributed by atoms with van der Waals surface area (Å²) >= 11 is 0. The van der Waals surface area contributed by atoms with E-state index in [1.165, 1.54) is 7.11 Å². The fourth-order valence-electron chi connectivity index (χ4n) is 1.63. The molecule has 2 rings (SSSR count). The van der Waals surface area contributed by atoms with E-state index in [-0.39, 0.29) is 6.54 Å². The third-order valence-corrected chi connectivity index (χ3v) is 2.68. The van der Waals surface area contributed by atoms with Gasteiger partial charge in [-0.2, -0.15) is 13.2 Å². The molecular formula is C13H11F3N2O2. The largest absolute Gasteiger partial charge is 0.497 e. The first-order valence-corrected chi connectivity index (χ1v) is 5.67. The highest BCUT2D eigenvalue weighted by Gasteiger charge is 2.32. The Kier molecular flexibility index (Phi) is 3.78. The lowest BCUT2D eigenvalue weighted by Crippen LogP contribution is -2.23. The Morgan fingerprint density at radius 1 is 1.25 bits per heavy atom. The van der Waals surface area contributed by atoms with Gasteiger partial charge in [0, 0.05) is 6.07 Å². The highest BCUT2D eigenvalue weighted by Crippen LogP contribution is 2.25. The van der Waals surface area contributed by atoms with Gasteiger partial charge in [-0.15, -0.1) is 0 Å². The monoisotopic (exact) mass is 284 g/mol. The van der Waals surface area contributed by atoms with Crippen LogP contribution in [0.5, 0.6) is 5.75 Å². The number of nitrogens with zero attached hydrogens (tertiary/aromatic N) is 2. The van der Waals surface area contributed by atoms with Crippen molar-refractivity contribution in [3.63, 3.8) is 0 Å². The van der Waals surface area contributed by atoms with E-state index in [1.54, 1.807) is 24.3 Å². The summed E-state index contributed by atoms with van der Waals surface area (Å²) in [7, 11) is 1.53. The lowest BCUT2D eigenvalue weighted by Gasteiger charge is -2.09. The summed E-state index contributed by atoms with van der Waals surface area (Å²) in [5.74, 6) is 0.659. The zero-order valence-electron chi connectivity index (χ0n) is 10.5. The summed E-state index contributed by atoms with van der Waals surface area (Å²) < 4.78 is 43.3. The van der Waals surface area contributed by atoms with E-state index in [2.05, 4.69) is 4.98 Å². The van der Waals surface area contributed by atoms with E-state index < -0.39 is 17.4 Å². The molecule has 0 radical (unpaired) electrons. The van der Waals surface area contributed by atoms with Gasteiger partial charge in [0.15, 0.2) is 5.69 Å². The zero-order chi connectivity index (χ0) is 14.8. The summed E-state index contributed by atoms with van der Waals surface area (Å²) in [5, 5.41) is 0. The number of methoxy groups -OCH3 is 1. The van der Waals surface area contributed by atoms with E-state index in [1.807, 2.05) is 0 Å². The highest BCUT2D eigenvalue weighted by atomic mass is 19.4. The zero-order valence-corrected chi connectivity index (χ0v) is 10.5. The highest BCUT2D eigenvalue weighted by molar-refractivity contribution is 5.27. The maximum absolute atomic E-state index is 12.4. The molecule has 1 aromatic carbocycles. The maximum atomic E-state index is 12.4. The van der Waals surface area contributed by atoms with Gasteiger partial charge in [0.2, 0.25) is 0 Å². The molecule has 0 saturated carbocycles. The average Bonchev–Trinajstić information content (AvgIpc) is 2.41. The van der Waals surface area contributed by atoms with Crippen LogP contribution in [0.3, 0.4) is 0 Å². The van der Waals surface area contributed by atoms with Crippen molar-refractivity contribution < 1.29 is 17.9 Å². The second-order valence-electron chi connectivity index (χ2n) is 4.09. The van der Waals surface area contributed by atoms with Crippen LogP contribution in [0.25, 0.3) is 0 Å². The molecule has 0 aliphatic carbocycles. The smallest absolute Gasteiger partial charge is 0.433 e. The van der Waals surface area contributed by atoms with Gasteiger partial charge in [0.05, 0.1) is 20.0 Å². The van der Waals surface area contributed by atoms with Crippen LogP contribution in [0.2, 0.25) is 0 Å². The minimum atomic E-state index is -4.61. The normalized spacial score (nSPS) is 11.4. The van der Waals surface area contributed by atoms with Crippen molar-refractivity contribution in [3.8, 4) is 5.75 Å². The van der Waals surface area contributed by atoms with Crippen LogP contribution in [0.15, 0.2) is 41.5 Å². The summed E-state index contributed by atoms with van der Waals surface area (Å²) in [6.45, 7) is 0.147. The van der Waals surface area contributed by atoms with E-state index >= 15 is 0 Å². The molecule has 0 bridgehead atoms. The molecule has 0 spiro atoms. The number of aromatic nitrogens is 2. The molecule has 0 aliphatic rings. The van der Waals surface area contributed by atoms with Crippen molar-refractivity contribution in [3.05, 3.63) is 58.3 Å². The molecule has 2 aromatic rings. The predicted octanol–water partition coefficient (Wildman–Crippen LogP) is 2.32. The number of ether oxygens (including phenoxy) is 1. The number of hydrogen-bond acceptors (Lipinski definition) is 3. The van der Waals surface area contributed by atoms with Crippen molar-refractivity contribution in [2.24, 2.45) is 0 Å². The van der Waals surface area contributed by atoms with Crippen LogP contribution in [0.4, 0.5) is 13.2 Å². The molecule has 0 saturated heterocycles. The molecular weight excluding hydrogens is 273 g/mol. The van der Waals surface area contributed by atoms with Crippen LogP contribution in [0.1, 0.15) is 11.3 Å². The SMILES string of the molecule is COc1ccc(Cn2cnc(C(F)(F)F)cc2=O)cc1. The molecule has 0 N–H and O–H groups in total. The van der Waals surface area contributed by atoms with Gasteiger partial charge in [0.25, 0.3) is 5.56 Å². The maximum Gasteiger partial charge on any atom is 0.433 e. The van der Waals surface area contributed by atoms with Crippen LogP contribution < -0.4 is 10.3 Å². The van der Waals surface area contributed by atoms with Crippen LogP contribution in [-0.4, -0.2) is 16.7 Å². The van der Waals surface area contributed by atoms with Crippen molar-refractivity contribution in [1.29, 1.82) is 0 Å². The number of hydrogen-bond donors (Lipinski definition) is 0. The topological polar surface area (TPSA) is 44.1 Å². The third-order valence-electron chi connectivity index (χ3n) is 2.68. The second-order valence-corrected chi connectivity index (χ2v) is 4.09. The van der Waals surface area contributed by atoms with Crippen molar-refractivity contribution in [2.75, 3.05) is 7.11 Å². The fraction of sp³-hybridized carbons (Fsp3) is 0.231. The van der Waals surface area contributed by atoms with Gasteiger partial charge < -0.3 is 4.74 Å². The molecule has 4 nitrogen and oxygen atoms in total. The van der Waals surface area contributed by atoms with Crippen LogP contribution in [-0.2, 0) is 12.7 Å². The molecule has 0 unspecified atom stereocenters. The van der Waals surface area contributed by atoms with Gasteiger partial charge in [0.1, 0.15) is 5.75 Å². The number of halogens is 3. The second kappa shape index (κ2) is 5.36. The lowest BCUT2D eigenvalue weighted by molar-refractivity contribution is -0.141. The summed E-state index contributed by atoms with van der Waals surface area (Å²) in [5.41, 5.74) is -1.17. The van der Waals surface area contributed by atoms with E-state index in [0.717, 1.165) is 16.5 Å². The van der Waals surface area contributed by atoms with Crippen LogP contribution in [0, 0.1) is 0 Å². The van der Waals surface area contributed by atoms with Gasteiger partial charge in [-0.05, 0) is 17.7 Å². The third kappa shape index (κ3) is 3.17. The molecule has 20 heavy (non-hydrogen) atoms. The number of benzene rings is 1. The Labute approximate surface area is 112 Å². The lowest BCUT2D eigenvalue weighted by atomic mass is 10.2. The number of rotatable bonds is 3. The average molecular weight is 284 g/mol. The Bertz CT molecular complexity index is 648. The number of alkyl halides is 3. The molecule has 106 valence electrons. The van der Waals surface area contributed by atoms with Crippen molar-refractivity contribution >= 4 is 0 Å². The van der Waals surface area contributed by atoms with Gasteiger partial charge >= 0.3 is 6.18 Å². The first kappa shape index (κ1) is 14.1. The molecule has 1 aromatic heterocycles. The van der Waals surface area contributed by atoms with Crippen molar-refractivity contribution in [2.45, 2.75) is 12.7 Å². The summed E-state index contributed by atoms with van der Waals surface area (Å²) in [4.78, 5) is 14.9. The Balaban J connectivity index is 2.23. The van der Waals surface area contributed by atoms with Gasteiger partial charge in [-0.3, -0.25) is 9.36 Å². The van der Waals surface area contributed by atoms with Gasteiger partial charge in [-0.25, -0.2) is 4.98 Å². The molecule has 0 amide bonds. The molecule has 0 atom stereocenters. The Morgan fingerprint density at radius 3 is 2.40 bits per heavy atom. The first-order valence-electron chi connectivity index (χ1n) is 5.67. The predicted molar refractivity (Wildman–Crippen MR) is 65.6 cm³/mol. The minimum absolute atomic E-state index is 0.147. The Morgan fingerprint density at radius 2 is 1.90 bits per heavy atom. The molecule has 1 heterocycles. The van der Waals surface area contributed by atoms with Crippen LogP contribution >= 0.6 is 0 Å². The molecule has 0 aliphatic heterocycles. The summed E-state index contributed by atoms with van der Waals surface area (Å²) in [6.07, 6.45) is -3.71. The van der Waals surface area contributed by atoms with Gasteiger partial charge in [-0.1, -0.05) is 12.1 Å². The summed E-state index contributed by atoms with van der Waals surface area (Å²) in [6, 6.07) is 7.35. The molecule has 7 heteroatoms. The minimum Gasteiger partial charge on any atom is -0.497 e. The Hall–Kier alpha value is -2.31. The first-order chi connectivity index (χ1) is 9.40. The van der Waals surface area contributed by atoms with Crippen molar-refractivity contribution in [1.82, 2.24) is 9.55 Å².